The molecule has 1 heterocycles. The van der Waals surface area contributed by atoms with E-state index < -0.39 is 0 Å². The number of hydrogen-bond donors (Lipinski definition) is 1. The number of benzene rings is 1. The van der Waals surface area contributed by atoms with Crippen LogP contribution in [0.2, 0.25) is 0 Å². The molecule has 0 saturated carbocycles. The molecule has 2 rings (SSSR count). The number of carbonyl (C=O) groups excluding carboxylic acids is 1. The third kappa shape index (κ3) is 3.31. The average Bonchev–Trinajstić information content (AvgIpc) is 2.85. The van der Waals surface area contributed by atoms with Crippen molar-refractivity contribution in [3.63, 3.8) is 0 Å². The second-order valence-corrected chi connectivity index (χ2v) is 4.43. The minimum Gasteiger partial charge on any atom is -0.337 e. The van der Waals surface area contributed by atoms with Crippen LogP contribution in [-0.4, -0.2) is 35.2 Å². The molecular formula is C13H16N4O2. The number of hydrogen-bond acceptors (Lipinski definition) is 4. The minimum atomic E-state index is -0.199. The summed E-state index contributed by atoms with van der Waals surface area (Å²) < 4.78 is 5.09. The Morgan fingerprint density at radius 3 is 2.63 bits per heavy atom. The molecule has 0 aliphatic rings. The van der Waals surface area contributed by atoms with Crippen molar-refractivity contribution in [1.82, 2.24) is 20.4 Å². The number of rotatable bonds is 3. The Labute approximate surface area is 111 Å². The van der Waals surface area contributed by atoms with Gasteiger partial charge in [-0.25, -0.2) is 4.79 Å². The summed E-state index contributed by atoms with van der Waals surface area (Å²) >= 11 is 0. The summed E-state index contributed by atoms with van der Waals surface area (Å²) in [5, 5.41) is 6.55. The summed E-state index contributed by atoms with van der Waals surface area (Å²) in [4.78, 5) is 17.0. The topological polar surface area (TPSA) is 71.3 Å². The first-order chi connectivity index (χ1) is 9.06. The fourth-order valence-corrected chi connectivity index (χ4v) is 1.46. The normalized spacial score (nSPS) is 10.3. The van der Waals surface area contributed by atoms with Crippen LogP contribution in [-0.2, 0) is 6.54 Å². The maximum atomic E-state index is 11.4. The van der Waals surface area contributed by atoms with E-state index in [9.17, 15) is 4.79 Å². The molecule has 2 aromatic rings. The number of urea groups is 1. The van der Waals surface area contributed by atoms with Crippen molar-refractivity contribution >= 4 is 6.03 Å². The van der Waals surface area contributed by atoms with E-state index in [4.69, 9.17) is 4.52 Å². The quantitative estimate of drug-likeness (QED) is 0.913. The van der Waals surface area contributed by atoms with Gasteiger partial charge in [0.2, 0.25) is 11.7 Å². The van der Waals surface area contributed by atoms with Gasteiger partial charge in [-0.3, -0.25) is 0 Å². The zero-order valence-electron chi connectivity index (χ0n) is 11.2. The summed E-state index contributed by atoms with van der Waals surface area (Å²) in [6.45, 7) is 2.23. The van der Waals surface area contributed by atoms with Crippen LogP contribution in [0.5, 0.6) is 0 Å². The van der Waals surface area contributed by atoms with Gasteiger partial charge in [0.15, 0.2) is 0 Å². The standard InChI is InChI=1S/C13H16N4O2/c1-9-4-6-10(7-5-9)12-15-11(19-16-12)8-14-13(18)17(2)3/h4-7H,8H2,1-3H3,(H,14,18). The zero-order valence-corrected chi connectivity index (χ0v) is 11.2. The Hall–Kier alpha value is -2.37. The molecule has 1 N–H and O–H groups in total. The number of carbonyl (C=O) groups is 1. The van der Waals surface area contributed by atoms with Gasteiger partial charge in [0.05, 0.1) is 6.54 Å². The highest BCUT2D eigenvalue weighted by molar-refractivity contribution is 5.73. The van der Waals surface area contributed by atoms with Crippen LogP contribution in [0.4, 0.5) is 4.79 Å². The lowest BCUT2D eigenvalue weighted by Crippen LogP contribution is -2.33. The largest absolute Gasteiger partial charge is 0.337 e. The molecule has 0 aliphatic carbocycles. The smallest absolute Gasteiger partial charge is 0.317 e. The van der Waals surface area contributed by atoms with Crippen molar-refractivity contribution in [2.24, 2.45) is 0 Å². The van der Waals surface area contributed by atoms with Gasteiger partial charge >= 0.3 is 6.03 Å². The van der Waals surface area contributed by atoms with Crippen LogP contribution in [0.25, 0.3) is 11.4 Å². The van der Waals surface area contributed by atoms with Crippen LogP contribution in [0.1, 0.15) is 11.5 Å². The molecule has 0 saturated heterocycles. The zero-order chi connectivity index (χ0) is 13.8. The van der Waals surface area contributed by atoms with Crippen molar-refractivity contribution in [3.8, 4) is 11.4 Å². The predicted molar refractivity (Wildman–Crippen MR) is 70.4 cm³/mol. The second-order valence-electron chi connectivity index (χ2n) is 4.43. The van der Waals surface area contributed by atoms with Crippen molar-refractivity contribution in [1.29, 1.82) is 0 Å². The molecule has 0 atom stereocenters. The van der Waals surface area contributed by atoms with Crippen molar-refractivity contribution < 1.29 is 9.32 Å². The Morgan fingerprint density at radius 2 is 2.00 bits per heavy atom. The van der Waals surface area contributed by atoms with Crippen LogP contribution >= 0.6 is 0 Å². The molecule has 1 aromatic heterocycles. The van der Waals surface area contributed by atoms with E-state index in [0.717, 1.165) is 5.56 Å². The summed E-state index contributed by atoms with van der Waals surface area (Å²) in [6, 6.07) is 7.64. The Kier molecular flexibility index (Phi) is 3.79. The van der Waals surface area contributed by atoms with Gasteiger partial charge in [-0.05, 0) is 6.92 Å². The molecule has 0 fully saturated rings. The summed E-state index contributed by atoms with van der Waals surface area (Å²) in [7, 11) is 3.34. The highest BCUT2D eigenvalue weighted by Crippen LogP contribution is 2.16. The lowest BCUT2D eigenvalue weighted by molar-refractivity contribution is 0.215. The maximum absolute atomic E-state index is 11.4. The molecule has 0 aliphatic heterocycles. The molecule has 0 unspecified atom stereocenters. The van der Waals surface area contributed by atoms with Crippen LogP contribution in [0, 0.1) is 6.92 Å². The molecular weight excluding hydrogens is 244 g/mol. The van der Waals surface area contributed by atoms with Crippen LogP contribution in [0.3, 0.4) is 0 Å². The molecule has 2 amide bonds. The minimum absolute atomic E-state index is 0.199. The maximum Gasteiger partial charge on any atom is 0.317 e. The summed E-state index contributed by atoms with van der Waals surface area (Å²) in [5.41, 5.74) is 2.06. The fraction of sp³-hybridized carbons (Fsp3) is 0.308. The van der Waals surface area contributed by atoms with E-state index in [1.54, 1.807) is 14.1 Å². The van der Waals surface area contributed by atoms with E-state index in [0.29, 0.717) is 11.7 Å². The number of aromatic nitrogens is 2. The highest BCUT2D eigenvalue weighted by atomic mass is 16.5. The first kappa shape index (κ1) is 13.1. The predicted octanol–water partition coefficient (Wildman–Crippen LogP) is 1.82. The van der Waals surface area contributed by atoms with E-state index >= 15 is 0 Å². The lowest BCUT2D eigenvalue weighted by atomic mass is 10.1. The van der Waals surface area contributed by atoms with Crippen molar-refractivity contribution in [2.75, 3.05) is 14.1 Å². The van der Waals surface area contributed by atoms with Gasteiger partial charge < -0.3 is 14.7 Å². The number of nitrogens with zero attached hydrogens (tertiary/aromatic N) is 3. The number of aryl methyl sites for hydroxylation is 1. The van der Waals surface area contributed by atoms with Gasteiger partial charge in [0, 0.05) is 19.7 Å². The molecule has 0 radical (unpaired) electrons. The van der Waals surface area contributed by atoms with Crippen LogP contribution < -0.4 is 5.32 Å². The molecule has 0 spiro atoms. The van der Waals surface area contributed by atoms with Gasteiger partial charge in [0.1, 0.15) is 0 Å². The van der Waals surface area contributed by atoms with Gasteiger partial charge in [0.25, 0.3) is 0 Å². The number of nitrogens with one attached hydrogen (secondary N) is 1. The van der Waals surface area contributed by atoms with Gasteiger partial charge in [-0.2, -0.15) is 4.98 Å². The first-order valence-corrected chi connectivity index (χ1v) is 5.91. The van der Waals surface area contributed by atoms with Crippen molar-refractivity contribution in [3.05, 3.63) is 35.7 Å². The van der Waals surface area contributed by atoms with Gasteiger partial charge in [-0.1, -0.05) is 35.0 Å². The highest BCUT2D eigenvalue weighted by Gasteiger charge is 2.10. The molecule has 6 heteroatoms. The number of amides is 2. The van der Waals surface area contributed by atoms with Crippen molar-refractivity contribution in [2.45, 2.75) is 13.5 Å². The molecule has 19 heavy (non-hydrogen) atoms. The van der Waals surface area contributed by atoms with E-state index in [2.05, 4.69) is 15.5 Å². The summed E-state index contributed by atoms with van der Waals surface area (Å²) in [6.07, 6.45) is 0. The third-order valence-electron chi connectivity index (χ3n) is 2.57. The first-order valence-electron chi connectivity index (χ1n) is 5.91. The summed E-state index contributed by atoms with van der Waals surface area (Å²) in [5.74, 6) is 0.903. The molecule has 100 valence electrons. The Bertz CT molecular complexity index is 560. The third-order valence-corrected chi connectivity index (χ3v) is 2.57. The van der Waals surface area contributed by atoms with Gasteiger partial charge in [-0.15, -0.1) is 0 Å². The molecule has 1 aromatic carbocycles. The second kappa shape index (κ2) is 5.51. The SMILES string of the molecule is Cc1ccc(-c2noc(CNC(=O)N(C)C)n2)cc1. The Morgan fingerprint density at radius 1 is 1.32 bits per heavy atom. The Balaban J connectivity index is 2.03. The lowest BCUT2D eigenvalue weighted by Gasteiger charge is -2.09. The van der Waals surface area contributed by atoms with E-state index in [-0.39, 0.29) is 12.6 Å². The monoisotopic (exact) mass is 260 g/mol. The van der Waals surface area contributed by atoms with Crippen LogP contribution in [0.15, 0.2) is 28.8 Å². The molecule has 0 bridgehead atoms. The fourth-order valence-electron chi connectivity index (χ4n) is 1.46. The molecule has 6 nitrogen and oxygen atoms in total. The average molecular weight is 260 g/mol. The van der Waals surface area contributed by atoms with E-state index in [1.807, 2.05) is 31.2 Å². The van der Waals surface area contributed by atoms with E-state index in [1.165, 1.54) is 10.5 Å².